The smallest absolute Gasteiger partial charge is 0.395 e. The van der Waals surface area contributed by atoms with E-state index in [9.17, 15) is 13.6 Å². The first-order valence-electron chi connectivity index (χ1n) is 6.62. The van der Waals surface area contributed by atoms with Crippen LogP contribution in [0.4, 0.5) is 14.5 Å². The molecule has 0 saturated heterocycles. The summed E-state index contributed by atoms with van der Waals surface area (Å²) in [5.41, 5.74) is 5.92. The summed E-state index contributed by atoms with van der Waals surface area (Å²) in [7, 11) is 0. The molecule has 1 aromatic heterocycles. The van der Waals surface area contributed by atoms with Crippen molar-refractivity contribution in [3.63, 3.8) is 0 Å². The number of benzene rings is 1. The minimum atomic E-state index is -3.71. The number of carbonyl (C=O) groups is 1. The molecule has 0 saturated carbocycles. The van der Waals surface area contributed by atoms with E-state index in [0.717, 1.165) is 0 Å². The molecule has 3 rings (SSSR count). The lowest BCUT2D eigenvalue weighted by Crippen LogP contribution is -2.25. The molecular formula is C14H11F2N3O4S. The van der Waals surface area contributed by atoms with E-state index >= 15 is 0 Å². The molecule has 2 aromatic rings. The average molecular weight is 355 g/mol. The normalized spacial score (nSPS) is 15.2. The summed E-state index contributed by atoms with van der Waals surface area (Å²) >= 11 is 1.38. The molecule has 0 fully saturated rings. The molecule has 0 spiro atoms. The van der Waals surface area contributed by atoms with Gasteiger partial charge < -0.3 is 25.4 Å². The van der Waals surface area contributed by atoms with Gasteiger partial charge in [-0.3, -0.25) is 4.79 Å². The summed E-state index contributed by atoms with van der Waals surface area (Å²) in [6.45, 7) is -0.392. The number of nitrogens with zero attached hydrogens (tertiary/aromatic N) is 1. The number of rotatable bonds is 5. The fourth-order valence-electron chi connectivity index (χ4n) is 1.85. The Morgan fingerprint density at radius 3 is 2.88 bits per heavy atom. The molecule has 7 nitrogen and oxygen atoms in total. The number of carbonyl (C=O) groups excluding carboxylic acids is 1. The van der Waals surface area contributed by atoms with Crippen molar-refractivity contribution < 1.29 is 27.9 Å². The maximum Gasteiger partial charge on any atom is 0.586 e. The zero-order valence-electron chi connectivity index (χ0n) is 12.0. The number of amidine groups is 1. The quantitative estimate of drug-likeness (QED) is 0.488. The van der Waals surface area contributed by atoms with Gasteiger partial charge in [-0.15, -0.1) is 20.1 Å². The third-order valence-electron chi connectivity index (χ3n) is 2.82. The molecule has 24 heavy (non-hydrogen) atoms. The lowest BCUT2D eigenvalue weighted by atomic mass is 10.3. The highest BCUT2D eigenvalue weighted by atomic mass is 32.1. The minimum absolute atomic E-state index is 0.109. The summed E-state index contributed by atoms with van der Waals surface area (Å²) in [5.74, 6) is -0.660. The molecule has 0 unspecified atom stereocenters. The van der Waals surface area contributed by atoms with Crippen molar-refractivity contribution in [3.8, 4) is 11.5 Å². The maximum atomic E-state index is 12.9. The Morgan fingerprint density at radius 2 is 2.12 bits per heavy atom. The van der Waals surface area contributed by atoms with Gasteiger partial charge in [0, 0.05) is 11.8 Å². The van der Waals surface area contributed by atoms with E-state index in [4.69, 9.17) is 10.6 Å². The number of nitrogens with one attached hydrogen (secondary N) is 1. The Morgan fingerprint density at radius 1 is 1.33 bits per heavy atom. The number of ether oxygens (including phenoxy) is 2. The van der Waals surface area contributed by atoms with Crippen LogP contribution in [0.15, 0.2) is 40.9 Å². The topological polar surface area (TPSA) is 95.2 Å². The fourth-order valence-corrected chi connectivity index (χ4v) is 2.47. The van der Waals surface area contributed by atoms with Crippen molar-refractivity contribution in [2.45, 2.75) is 6.29 Å². The van der Waals surface area contributed by atoms with Crippen LogP contribution in [-0.2, 0) is 9.63 Å². The molecule has 0 radical (unpaired) electrons. The van der Waals surface area contributed by atoms with Crippen LogP contribution in [0.2, 0.25) is 0 Å². The number of oxime groups is 1. The van der Waals surface area contributed by atoms with E-state index in [0.29, 0.717) is 4.88 Å². The first-order valence-corrected chi connectivity index (χ1v) is 7.50. The Labute approximate surface area is 138 Å². The number of hydrogen-bond donors (Lipinski definition) is 2. The van der Waals surface area contributed by atoms with Gasteiger partial charge in [0.15, 0.2) is 23.9 Å². The highest BCUT2D eigenvalue weighted by Gasteiger charge is 2.43. The van der Waals surface area contributed by atoms with Crippen molar-refractivity contribution in [3.05, 3.63) is 40.6 Å². The summed E-state index contributed by atoms with van der Waals surface area (Å²) < 4.78 is 34.4. The molecule has 0 aliphatic carbocycles. The third-order valence-corrected chi connectivity index (χ3v) is 3.71. The van der Waals surface area contributed by atoms with Gasteiger partial charge in [-0.2, -0.15) is 0 Å². The molecular weight excluding hydrogens is 344 g/mol. The van der Waals surface area contributed by atoms with Gasteiger partial charge in [-0.25, -0.2) is 0 Å². The second-order valence-electron chi connectivity index (χ2n) is 4.60. The molecule has 0 bridgehead atoms. The van der Waals surface area contributed by atoms with Crippen molar-refractivity contribution in [1.82, 2.24) is 0 Å². The van der Waals surface area contributed by atoms with Gasteiger partial charge in [-0.1, -0.05) is 11.2 Å². The molecule has 1 aliphatic rings. The van der Waals surface area contributed by atoms with Gasteiger partial charge in [0.2, 0.25) is 0 Å². The number of hydrogen-bond acceptors (Lipinski definition) is 6. The van der Waals surface area contributed by atoms with Gasteiger partial charge in [0.25, 0.3) is 5.91 Å². The van der Waals surface area contributed by atoms with Crippen molar-refractivity contribution in [1.29, 1.82) is 0 Å². The molecule has 1 aliphatic heterocycles. The van der Waals surface area contributed by atoms with Crippen LogP contribution in [0.25, 0.3) is 0 Å². The second-order valence-corrected chi connectivity index (χ2v) is 5.55. The molecule has 2 heterocycles. The molecule has 1 amide bonds. The molecule has 126 valence electrons. The lowest BCUT2D eigenvalue weighted by molar-refractivity contribution is -0.286. The van der Waals surface area contributed by atoms with E-state index in [1.54, 1.807) is 12.1 Å². The van der Waals surface area contributed by atoms with Crippen molar-refractivity contribution in [2.75, 3.05) is 11.9 Å². The minimum Gasteiger partial charge on any atom is -0.395 e. The van der Waals surface area contributed by atoms with E-state index in [-0.39, 0.29) is 23.0 Å². The standard InChI is InChI=1S/C14H11F2N3O4S/c15-14(16)22-9-4-3-8(6-10(9)23-14)18-12(20)7-21-19-13(17)11-2-1-5-24-11/h1-6H,7H2,(H2,17,19)(H,18,20). The number of fused-ring (bicyclic) bond motifs is 1. The van der Waals surface area contributed by atoms with E-state index < -0.39 is 18.8 Å². The van der Waals surface area contributed by atoms with Crippen LogP contribution < -0.4 is 20.5 Å². The van der Waals surface area contributed by atoms with Gasteiger partial charge in [-0.05, 0) is 23.6 Å². The Balaban J connectivity index is 1.54. The van der Waals surface area contributed by atoms with Gasteiger partial charge >= 0.3 is 6.29 Å². The molecule has 1 aromatic carbocycles. The summed E-state index contributed by atoms with van der Waals surface area (Å²) in [5, 5.41) is 7.91. The fraction of sp³-hybridized carbons (Fsp3) is 0.143. The van der Waals surface area contributed by atoms with Gasteiger partial charge in [0.1, 0.15) is 0 Å². The largest absolute Gasteiger partial charge is 0.586 e. The Bertz CT molecular complexity index is 780. The van der Waals surface area contributed by atoms with Crippen LogP contribution in [-0.4, -0.2) is 24.6 Å². The van der Waals surface area contributed by atoms with Crippen LogP contribution >= 0.6 is 11.3 Å². The number of nitrogens with two attached hydrogens (primary N) is 1. The predicted molar refractivity (Wildman–Crippen MR) is 82.3 cm³/mol. The zero-order valence-corrected chi connectivity index (χ0v) is 12.8. The van der Waals surface area contributed by atoms with Crippen molar-refractivity contribution in [2.24, 2.45) is 10.9 Å². The second kappa shape index (κ2) is 6.32. The molecule has 0 atom stereocenters. The number of thiophene rings is 1. The van der Waals surface area contributed by atoms with Crippen molar-refractivity contribution >= 4 is 28.8 Å². The van der Waals surface area contributed by atoms with Crippen LogP contribution in [0.3, 0.4) is 0 Å². The molecule has 3 N–H and O–H groups in total. The zero-order chi connectivity index (χ0) is 17.2. The predicted octanol–water partition coefficient (Wildman–Crippen LogP) is 2.35. The summed E-state index contributed by atoms with van der Waals surface area (Å²) in [6.07, 6.45) is -3.71. The first kappa shape index (κ1) is 16.0. The number of halogens is 2. The van der Waals surface area contributed by atoms with Crippen LogP contribution in [0.5, 0.6) is 11.5 Å². The highest BCUT2D eigenvalue weighted by molar-refractivity contribution is 7.12. The van der Waals surface area contributed by atoms with E-state index in [1.807, 2.05) is 5.38 Å². The first-order chi connectivity index (χ1) is 11.4. The number of amides is 1. The Hall–Kier alpha value is -2.88. The molecule has 10 heteroatoms. The average Bonchev–Trinajstić information content (AvgIpc) is 3.12. The maximum absolute atomic E-state index is 12.9. The van der Waals surface area contributed by atoms with E-state index in [2.05, 4.69) is 19.9 Å². The lowest BCUT2D eigenvalue weighted by Gasteiger charge is -2.05. The van der Waals surface area contributed by atoms with E-state index in [1.165, 1.54) is 29.5 Å². The van der Waals surface area contributed by atoms with Gasteiger partial charge in [0.05, 0.1) is 4.88 Å². The summed E-state index contributed by atoms with van der Waals surface area (Å²) in [6, 6.07) is 7.44. The summed E-state index contributed by atoms with van der Waals surface area (Å²) in [4.78, 5) is 17.3. The monoisotopic (exact) mass is 355 g/mol. The number of anilines is 1. The Kier molecular flexibility index (Phi) is 4.21. The SMILES string of the molecule is N/C(=N\OCC(=O)Nc1ccc2c(c1)OC(F)(F)O2)c1cccs1. The van der Waals surface area contributed by atoms with Crippen LogP contribution in [0, 0.1) is 0 Å². The number of alkyl halides is 2. The van der Waals surface area contributed by atoms with Crippen LogP contribution in [0.1, 0.15) is 4.88 Å². The highest BCUT2D eigenvalue weighted by Crippen LogP contribution is 2.42. The third kappa shape index (κ3) is 3.71.